The van der Waals surface area contributed by atoms with Gasteiger partial charge in [-0.25, -0.2) is 4.98 Å². The molecule has 0 radical (unpaired) electrons. The van der Waals surface area contributed by atoms with Gasteiger partial charge in [-0.05, 0) is 25.0 Å². The first-order valence-electron chi connectivity index (χ1n) is 8.85. The second-order valence-corrected chi connectivity index (χ2v) is 6.61. The van der Waals surface area contributed by atoms with Crippen molar-refractivity contribution in [2.24, 2.45) is 5.92 Å². The maximum absolute atomic E-state index is 12.3. The number of nitriles is 1. The van der Waals surface area contributed by atoms with E-state index in [1.165, 1.54) is 12.8 Å². The lowest BCUT2D eigenvalue weighted by Gasteiger charge is -2.23. The third kappa shape index (κ3) is 4.08. The van der Waals surface area contributed by atoms with Crippen LogP contribution in [0.4, 0.5) is 5.82 Å². The Labute approximate surface area is 147 Å². The molecule has 2 aliphatic rings. The molecule has 1 saturated heterocycles. The maximum Gasteiger partial charge on any atom is 0.225 e. The molecule has 7 heteroatoms. The predicted octanol–water partition coefficient (Wildman–Crippen LogP) is 1.27. The molecule has 0 unspecified atom stereocenters. The average Bonchev–Trinajstić information content (AvgIpc) is 3.28. The fourth-order valence-electron chi connectivity index (χ4n) is 3.62. The minimum Gasteiger partial charge on any atom is -0.367 e. The van der Waals surface area contributed by atoms with E-state index in [4.69, 9.17) is 5.26 Å². The van der Waals surface area contributed by atoms with Crippen LogP contribution in [-0.2, 0) is 9.59 Å². The minimum absolute atomic E-state index is 0.0721. The number of nitrogens with one attached hydrogen (secondary N) is 2. The number of aromatic nitrogens is 1. The monoisotopic (exact) mass is 341 g/mol. The first-order valence-corrected chi connectivity index (χ1v) is 8.85. The van der Waals surface area contributed by atoms with Crippen molar-refractivity contribution in [2.75, 3.05) is 25.0 Å². The number of pyridine rings is 1. The molecule has 0 bridgehead atoms. The smallest absolute Gasteiger partial charge is 0.225 e. The van der Waals surface area contributed by atoms with Crippen LogP contribution < -0.4 is 10.6 Å². The van der Waals surface area contributed by atoms with Crippen LogP contribution in [0.3, 0.4) is 0 Å². The summed E-state index contributed by atoms with van der Waals surface area (Å²) in [6.07, 6.45) is 6.41. The molecule has 0 spiro atoms. The summed E-state index contributed by atoms with van der Waals surface area (Å²) in [5.74, 6) is 0.301. The number of rotatable bonds is 6. The molecule has 25 heavy (non-hydrogen) atoms. The number of anilines is 1. The van der Waals surface area contributed by atoms with Crippen molar-refractivity contribution in [3.05, 3.63) is 23.9 Å². The molecule has 0 aromatic carbocycles. The Morgan fingerprint density at radius 2 is 2.16 bits per heavy atom. The van der Waals surface area contributed by atoms with Crippen LogP contribution in [0.25, 0.3) is 0 Å². The van der Waals surface area contributed by atoms with E-state index in [9.17, 15) is 9.59 Å². The molecular weight excluding hydrogens is 318 g/mol. The van der Waals surface area contributed by atoms with Crippen LogP contribution in [0.5, 0.6) is 0 Å². The summed E-state index contributed by atoms with van der Waals surface area (Å²) in [7, 11) is 0. The van der Waals surface area contributed by atoms with E-state index in [-0.39, 0.29) is 17.7 Å². The van der Waals surface area contributed by atoms with E-state index < -0.39 is 0 Å². The predicted molar refractivity (Wildman–Crippen MR) is 92.5 cm³/mol. The van der Waals surface area contributed by atoms with Crippen molar-refractivity contribution in [1.29, 1.82) is 5.26 Å². The summed E-state index contributed by atoms with van der Waals surface area (Å²) < 4.78 is 0. The third-order valence-electron chi connectivity index (χ3n) is 4.94. The fraction of sp³-hybridized carbons (Fsp3) is 0.556. The van der Waals surface area contributed by atoms with Gasteiger partial charge in [-0.2, -0.15) is 5.26 Å². The number of amides is 2. The summed E-state index contributed by atoms with van der Waals surface area (Å²) in [5, 5.41) is 14.9. The molecule has 3 rings (SSSR count). The van der Waals surface area contributed by atoms with Crippen LogP contribution >= 0.6 is 0 Å². The molecule has 132 valence electrons. The molecule has 1 atom stereocenters. The summed E-state index contributed by atoms with van der Waals surface area (Å²) in [6.45, 7) is 1.44. The van der Waals surface area contributed by atoms with E-state index in [2.05, 4.69) is 21.7 Å². The van der Waals surface area contributed by atoms with E-state index in [0.717, 1.165) is 12.8 Å². The van der Waals surface area contributed by atoms with Gasteiger partial charge in [-0.1, -0.05) is 12.8 Å². The third-order valence-corrected chi connectivity index (χ3v) is 4.94. The van der Waals surface area contributed by atoms with Gasteiger partial charge in [0.2, 0.25) is 11.8 Å². The Morgan fingerprint density at radius 1 is 1.36 bits per heavy atom. The molecule has 1 aromatic rings. The molecule has 1 aromatic heterocycles. The molecule has 1 aliphatic heterocycles. The van der Waals surface area contributed by atoms with E-state index in [1.807, 2.05) is 4.90 Å². The maximum atomic E-state index is 12.3. The number of carbonyl (C=O) groups excluding carboxylic acids is 2. The van der Waals surface area contributed by atoms with Gasteiger partial charge >= 0.3 is 0 Å². The van der Waals surface area contributed by atoms with Crippen LogP contribution in [0.1, 0.15) is 37.7 Å². The van der Waals surface area contributed by atoms with Gasteiger partial charge in [0.25, 0.3) is 0 Å². The summed E-state index contributed by atoms with van der Waals surface area (Å²) in [4.78, 5) is 30.5. The highest BCUT2D eigenvalue weighted by molar-refractivity contribution is 5.89. The van der Waals surface area contributed by atoms with Gasteiger partial charge in [0.05, 0.1) is 11.5 Å². The van der Waals surface area contributed by atoms with E-state index >= 15 is 0 Å². The van der Waals surface area contributed by atoms with Gasteiger partial charge in [0.1, 0.15) is 11.9 Å². The Bertz CT molecular complexity index is 678. The Kier molecular flexibility index (Phi) is 5.49. The summed E-state index contributed by atoms with van der Waals surface area (Å²) in [5.41, 5.74) is 0.474. The lowest BCUT2D eigenvalue weighted by atomic mass is 10.1. The van der Waals surface area contributed by atoms with Crippen molar-refractivity contribution < 1.29 is 9.59 Å². The fourth-order valence-corrected chi connectivity index (χ4v) is 3.62. The zero-order valence-electron chi connectivity index (χ0n) is 14.2. The standard InChI is InChI=1S/C18H23N5O2/c19-11-13-4-3-7-20-17(13)21-8-9-22-18(25)14-10-16(24)23(12-14)15-5-1-2-6-15/h3-4,7,14-15H,1-2,5-6,8-10,12H2,(H,20,21)(H,22,25)/t14-/m1/s1. The molecular formula is C18H23N5O2. The lowest BCUT2D eigenvalue weighted by molar-refractivity contribution is -0.130. The molecule has 1 saturated carbocycles. The van der Waals surface area contributed by atoms with Gasteiger partial charge in [0, 0.05) is 38.3 Å². The van der Waals surface area contributed by atoms with Crippen LogP contribution in [0.15, 0.2) is 18.3 Å². The normalized spacial score (nSPS) is 20.5. The second kappa shape index (κ2) is 7.97. The first kappa shape index (κ1) is 17.2. The first-order chi connectivity index (χ1) is 12.2. The topological polar surface area (TPSA) is 98.1 Å². The number of likely N-dealkylation sites (tertiary alicyclic amines) is 1. The lowest BCUT2D eigenvalue weighted by Crippen LogP contribution is -2.38. The van der Waals surface area contributed by atoms with Gasteiger partial charge in [-0.15, -0.1) is 0 Å². The highest BCUT2D eigenvalue weighted by Gasteiger charge is 2.38. The zero-order chi connectivity index (χ0) is 17.6. The largest absolute Gasteiger partial charge is 0.367 e. The Morgan fingerprint density at radius 3 is 2.92 bits per heavy atom. The van der Waals surface area contributed by atoms with Crippen LogP contribution in [0.2, 0.25) is 0 Å². The van der Waals surface area contributed by atoms with Gasteiger partial charge < -0.3 is 15.5 Å². The van der Waals surface area contributed by atoms with Gasteiger partial charge in [-0.3, -0.25) is 9.59 Å². The van der Waals surface area contributed by atoms with Crippen molar-refractivity contribution in [3.63, 3.8) is 0 Å². The van der Waals surface area contributed by atoms with Crippen molar-refractivity contribution >= 4 is 17.6 Å². The molecule has 2 fully saturated rings. The number of carbonyl (C=O) groups is 2. The van der Waals surface area contributed by atoms with E-state index in [0.29, 0.717) is 43.5 Å². The highest BCUT2D eigenvalue weighted by atomic mass is 16.2. The number of hydrogen-bond donors (Lipinski definition) is 2. The Hall–Kier alpha value is -2.62. The average molecular weight is 341 g/mol. The molecule has 2 amide bonds. The highest BCUT2D eigenvalue weighted by Crippen LogP contribution is 2.29. The van der Waals surface area contributed by atoms with Crippen molar-refractivity contribution in [2.45, 2.75) is 38.1 Å². The molecule has 2 N–H and O–H groups in total. The van der Waals surface area contributed by atoms with Gasteiger partial charge in [0.15, 0.2) is 0 Å². The second-order valence-electron chi connectivity index (χ2n) is 6.61. The van der Waals surface area contributed by atoms with Crippen molar-refractivity contribution in [3.8, 4) is 6.07 Å². The van der Waals surface area contributed by atoms with Crippen molar-refractivity contribution in [1.82, 2.24) is 15.2 Å². The number of nitrogens with zero attached hydrogens (tertiary/aromatic N) is 3. The van der Waals surface area contributed by atoms with Crippen LogP contribution in [-0.4, -0.2) is 47.4 Å². The SMILES string of the molecule is N#Cc1cccnc1NCCNC(=O)[C@@H]1CC(=O)N(C2CCCC2)C1. The quantitative estimate of drug-likeness (QED) is 0.759. The summed E-state index contributed by atoms with van der Waals surface area (Å²) >= 11 is 0. The molecule has 1 aliphatic carbocycles. The van der Waals surface area contributed by atoms with Crippen LogP contribution in [0, 0.1) is 17.2 Å². The Balaban J connectivity index is 1.42. The number of hydrogen-bond acceptors (Lipinski definition) is 5. The van der Waals surface area contributed by atoms with E-state index in [1.54, 1.807) is 18.3 Å². The molecule has 2 heterocycles. The molecule has 7 nitrogen and oxygen atoms in total. The zero-order valence-corrected chi connectivity index (χ0v) is 14.2. The summed E-state index contributed by atoms with van der Waals surface area (Å²) in [6, 6.07) is 5.80. The minimum atomic E-state index is -0.252.